The summed E-state index contributed by atoms with van der Waals surface area (Å²) in [6, 6.07) is 23.5. The Bertz CT molecular complexity index is 2200. The van der Waals surface area contributed by atoms with E-state index in [-0.39, 0.29) is 17.8 Å². The van der Waals surface area contributed by atoms with Gasteiger partial charge in [-0.3, -0.25) is 9.20 Å². The summed E-state index contributed by atoms with van der Waals surface area (Å²) in [6.45, 7) is 3.48. The number of pyridine rings is 2. The number of benzene rings is 4. The minimum absolute atomic E-state index is 0. The van der Waals surface area contributed by atoms with Gasteiger partial charge in [0.15, 0.2) is 5.43 Å². The highest BCUT2D eigenvalue weighted by Gasteiger charge is 2.16. The number of nitrogens with zero attached hydrogens (tertiary/aromatic N) is 4. The minimum atomic E-state index is 0. The molecular formula is C35H34Cl2N6O2. The molecule has 0 saturated heterocycles. The molecule has 0 aliphatic rings. The van der Waals surface area contributed by atoms with Crippen LogP contribution in [0.5, 0.6) is 5.75 Å². The third-order valence-corrected chi connectivity index (χ3v) is 8.57. The number of fused-ring (bicyclic) bond motifs is 4. The highest BCUT2D eigenvalue weighted by atomic mass is 35.5. The Morgan fingerprint density at radius 1 is 0.867 bits per heavy atom. The van der Waals surface area contributed by atoms with Gasteiger partial charge in [-0.15, -0.1) is 12.4 Å². The molecule has 0 aliphatic heterocycles. The third kappa shape index (κ3) is 5.77. The van der Waals surface area contributed by atoms with E-state index in [1.807, 2.05) is 77.2 Å². The fourth-order valence-electron chi connectivity index (χ4n) is 6.14. The van der Waals surface area contributed by atoms with E-state index < -0.39 is 0 Å². The zero-order chi connectivity index (χ0) is 30.2. The van der Waals surface area contributed by atoms with Crippen molar-refractivity contribution in [2.75, 3.05) is 51.0 Å². The molecule has 3 heterocycles. The van der Waals surface area contributed by atoms with Crippen LogP contribution in [0.25, 0.3) is 49.1 Å². The average Bonchev–Trinajstić information content (AvgIpc) is 3.48. The number of ether oxygens (including phenoxy) is 1. The van der Waals surface area contributed by atoms with E-state index in [0.29, 0.717) is 15.8 Å². The Labute approximate surface area is 271 Å². The Balaban J connectivity index is 0.00000357. The Kier molecular flexibility index (Phi) is 8.81. The molecule has 0 saturated carbocycles. The highest BCUT2D eigenvalue weighted by molar-refractivity contribution is 6.31. The van der Waals surface area contributed by atoms with Gasteiger partial charge in [0.1, 0.15) is 12.1 Å². The van der Waals surface area contributed by atoms with Crippen molar-refractivity contribution in [1.29, 1.82) is 0 Å². The van der Waals surface area contributed by atoms with E-state index in [2.05, 4.69) is 27.6 Å². The molecule has 3 aromatic heterocycles. The van der Waals surface area contributed by atoms with Crippen LogP contribution in [0.3, 0.4) is 0 Å². The standard InChI is InChI=1S/C35H33ClN6O2.ClH/c1-41(18-6-16-38-33-24-11-9-22(36)19-30(24)40-27-12-10-23(44-2)20-26(27)33)17-5-15-37-28-13-14-29-34-32(28)35(43)25-7-3-4-8-31(25)42(34)21-39-29;/h3-4,7-14,19-21,37H,5-6,15-18H2,1-2H3,(H,38,40);1H. The van der Waals surface area contributed by atoms with E-state index in [0.717, 1.165) is 94.5 Å². The second-order valence-electron chi connectivity index (χ2n) is 11.2. The third-order valence-electron chi connectivity index (χ3n) is 8.34. The predicted molar refractivity (Wildman–Crippen MR) is 189 cm³/mol. The minimum Gasteiger partial charge on any atom is -0.497 e. The molecule has 0 unspecified atom stereocenters. The maximum atomic E-state index is 13.5. The molecule has 0 spiro atoms. The van der Waals surface area contributed by atoms with Crippen LogP contribution < -0.4 is 20.8 Å². The molecule has 10 heteroatoms. The van der Waals surface area contributed by atoms with Gasteiger partial charge in [-0.05, 0) is 93.6 Å². The molecule has 4 aromatic carbocycles. The van der Waals surface area contributed by atoms with Gasteiger partial charge in [0.2, 0.25) is 0 Å². The van der Waals surface area contributed by atoms with Gasteiger partial charge in [0, 0.05) is 40.0 Å². The normalized spacial score (nSPS) is 11.6. The summed E-state index contributed by atoms with van der Waals surface area (Å²) >= 11 is 6.28. The number of halogens is 2. The van der Waals surface area contributed by atoms with Crippen molar-refractivity contribution < 1.29 is 4.74 Å². The van der Waals surface area contributed by atoms with Crippen LogP contribution in [0.15, 0.2) is 83.9 Å². The molecule has 0 aliphatic carbocycles. The van der Waals surface area contributed by atoms with Crippen molar-refractivity contribution in [2.45, 2.75) is 12.8 Å². The number of nitrogens with one attached hydrogen (secondary N) is 2. The Hall–Kier alpha value is -4.37. The lowest BCUT2D eigenvalue weighted by Crippen LogP contribution is -2.24. The predicted octanol–water partition coefficient (Wildman–Crippen LogP) is 7.46. The molecule has 0 bridgehead atoms. The van der Waals surface area contributed by atoms with Gasteiger partial charge in [-0.2, -0.15) is 0 Å². The number of hydrogen-bond donors (Lipinski definition) is 2. The van der Waals surface area contributed by atoms with Crippen molar-refractivity contribution in [3.8, 4) is 5.75 Å². The fraction of sp³-hybridized carbons (Fsp3) is 0.229. The number of para-hydroxylation sites is 1. The van der Waals surface area contributed by atoms with Crippen LogP contribution >= 0.6 is 24.0 Å². The summed E-state index contributed by atoms with van der Waals surface area (Å²) in [4.78, 5) is 25.2. The summed E-state index contributed by atoms with van der Waals surface area (Å²) in [5.74, 6) is 0.799. The number of anilines is 2. The molecule has 0 amide bonds. The number of imidazole rings is 1. The molecule has 0 radical (unpaired) electrons. The lowest BCUT2D eigenvalue weighted by Gasteiger charge is -2.18. The molecular weight excluding hydrogens is 607 g/mol. The van der Waals surface area contributed by atoms with Crippen LogP contribution in [-0.4, -0.2) is 59.6 Å². The van der Waals surface area contributed by atoms with Crippen LogP contribution in [0, 0.1) is 0 Å². The van der Waals surface area contributed by atoms with E-state index in [9.17, 15) is 4.79 Å². The van der Waals surface area contributed by atoms with Crippen molar-refractivity contribution in [3.05, 3.63) is 94.4 Å². The first-order valence-electron chi connectivity index (χ1n) is 14.9. The first-order chi connectivity index (χ1) is 21.5. The van der Waals surface area contributed by atoms with Gasteiger partial charge in [0.25, 0.3) is 0 Å². The summed E-state index contributed by atoms with van der Waals surface area (Å²) < 4.78 is 7.51. The van der Waals surface area contributed by atoms with Crippen molar-refractivity contribution in [3.63, 3.8) is 0 Å². The fourth-order valence-corrected chi connectivity index (χ4v) is 6.30. The number of aromatic nitrogens is 3. The molecule has 0 atom stereocenters. The number of methoxy groups -OCH3 is 1. The molecule has 45 heavy (non-hydrogen) atoms. The summed E-state index contributed by atoms with van der Waals surface area (Å²) in [6.07, 6.45) is 3.73. The van der Waals surface area contributed by atoms with E-state index >= 15 is 0 Å². The summed E-state index contributed by atoms with van der Waals surface area (Å²) in [5, 5.41) is 11.4. The zero-order valence-electron chi connectivity index (χ0n) is 25.1. The van der Waals surface area contributed by atoms with Crippen molar-refractivity contribution in [2.24, 2.45) is 0 Å². The SMILES string of the molecule is COc1ccc2nc3cc(Cl)ccc3c(NCCCN(C)CCCNc3ccc4ncn5c6ccccc6c(=O)c3c45)c2c1.Cl. The van der Waals surface area contributed by atoms with Crippen molar-refractivity contribution >= 4 is 84.5 Å². The van der Waals surface area contributed by atoms with Crippen LogP contribution in [0.2, 0.25) is 5.02 Å². The lowest BCUT2D eigenvalue weighted by molar-refractivity contribution is 0.331. The van der Waals surface area contributed by atoms with Gasteiger partial charge in [-0.1, -0.05) is 23.7 Å². The molecule has 0 fully saturated rings. The van der Waals surface area contributed by atoms with Gasteiger partial charge in [0.05, 0.1) is 45.8 Å². The summed E-state index contributed by atoms with van der Waals surface area (Å²) in [5.41, 5.74) is 6.31. The smallest absolute Gasteiger partial charge is 0.199 e. The van der Waals surface area contributed by atoms with Gasteiger partial charge in [-0.25, -0.2) is 9.97 Å². The van der Waals surface area contributed by atoms with Gasteiger partial charge >= 0.3 is 0 Å². The zero-order valence-corrected chi connectivity index (χ0v) is 26.7. The monoisotopic (exact) mass is 640 g/mol. The number of rotatable bonds is 11. The average molecular weight is 642 g/mol. The second-order valence-corrected chi connectivity index (χ2v) is 11.6. The van der Waals surface area contributed by atoms with Crippen molar-refractivity contribution in [1.82, 2.24) is 19.3 Å². The first-order valence-corrected chi connectivity index (χ1v) is 15.3. The molecule has 2 N–H and O–H groups in total. The van der Waals surface area contributed by atoms with Crippen LogP contribution in [-0.2, 0) is 0 Å². The quantitative estimate of drug-likeness (QED) is 0.112. The maximum absolute atomic E-state index is 13.5. The topological polar surface area (TPSA) is 83.8 Å². The summed E-state index contributed by atoms with van der Waals surface area (Å²) in [7, 11) is 3.83. The van der Waals surface area contributed by atoms with E-state index in [1.54, 1.807) is 13.4 Å². The highest BCUT2D eigenvalue weighted by Crippen LogP contribution is 2.34. The second kappa shape index (κ2) is 12.9. The molecule has 7 aromatic rings. The Morgan fingerprint density at radius 3 is 2.47 bits per heavy atom. The van der Waals surface area contributed by atoms with Crippen LogP contribution in [0.4, 0.5) is 11.4 Å². The number of hydrogen-bond acceptors (Lipinski definition) is 7. The van der Waals surface area contributed by atoms with Crippen LogP contribution in [0.1, 0.15) is 12.8 Å². The lowest BCUT2D eigenvalue weighted by atomic mass is 10.1. The van der Waals surface area contributed by atoms with E-state index in [4.69, 9.17) is 21.3 Å². The maximum Gasteiger partial charge on any atom is 0.199 e. The molecule has 230 valence electrons. The first kappa shape index (κ1) is 30.6. The Morgan fingerprint density at radius 2 is 1.64 bits per heavy atom. The molecule has 7 rings (SSSR count). The largest absolute Gasteiger partial charge is 0.497 e. The van der Waals surface area contributed by atoms with E-state index in [1.165, 1.54) is 0 Å². The van der Waals surface area contributed by atoms with Gasteiger partial charge < -0.3 is 20.3 Å². The molecule has 8 nitrogen and oxygen atoms in total.